The van der Waals surface area contributed by atoms with Crippen LogP contribution < -0.4 is 5.32 Å². The van der Waals surface area contributed by atoms with E-state index in [-0.39, 0.29) is 5.91 Å². The lowest BCUT2D eigenvalue weighted by Crippen LogP contribution is -2.42. The second-order valence-corrected chi connectivity index (χ2v) is 7.07. The number of hydrogen-bond acceptors (Lipinski definition) is 2. The maximum absolute atomic E-state index is 12.0. The lowest BCUT2D eigenvalue weighted by atomic mass is 10.1. The fourth-order valence-corrected chi connectivity index (χ4v) is 2.95. The van der Waals surface area contributed by atoms with Gasteiger partial charge in [-0.3, -0.25) is 4.79 Å². The van der Waals surface area contributed by atoms with Gasteiger partial charge in [0.05, 0.1) is 0 Å². The molecule has 0 unspecified atom stereocenters. The van der Waals surface area contributed by atoms with E-state index in [4.69, 9.17) is 0 Å². The third-order valence-electron chi connectivity index (χ3n) is 4.58. The summed E-state index contributed by atoms with van der Waals surface area (Å²) in [6.07, 6.45) is 15.5. The molecule has 0 aliphatic heterocycles. The molecule has 2 N–H and O–H groups in total. The van der Waals surface area contributed by atoms with Crippen molar-refractivity contribution >= 4 is 11.9 Å². The summed E-state index contributed by atoms with van der Waals surface area (Å²) in [6, 6.07) is 8.52. The first-order chi connectivity index (χ1) is 13.1. The molecule has 0 heterocycles. The second kappa shape index (κ2) is 15.0. The molecule has 4 nitrogen and oxygen atoms in total. The lowest BCUT2D eigenvalue weighted by Gasteiger charge is -2.14. The third kappa shape index (κ3) is 12.0. The van der Waals surface area contributed by atoms with E-state index in [0.717, 1.165) is 31.2 Å². The highest BCUT2D eigenvalue weighted by atomic mass is 16.4. The van der Waals surface area contributed by atoms with E-state index < -0.39 is 12.0 Å². The monoisotopic (exact) mass is 373 g/mol. The van der Waals surface area contributed by atoms with Crippen LogP contribution in [0.15, 0.2) is 42.5 Å². The van der Waals surface area contributed by atoms with Crippen LogP contribution in [0.4, 0.5) is 0 Å². The number of nitrogens with one attached hydrogen (secondary N) is 1. The topological polar surface area (TPSA) is 66.4 Å². The number of aliphatic carboxylic acids is 1. The average molecular weight is 374 g/mol. The Hall–Kier alpha value is -2.10. The first-order valence-electron chi connectivity index (χ1n) is 10.3. The summed E-state index contributed by atoms with van der Waals surface area (Å²) in [7, 11) is 0. The smallest absolute Gasteiger partial charge is 0.326 e. The molecule has 150 valence electrons. The van der Waals surface area contributed by atoms with Gasteiger partial charge in [-0.1, -0.05) is 81.5 Å². The molecule has 1 atom stereocenters. The molecule has 1 aromatic rings. The van der Waals surface area contributed by atoms with E-state index in [1.165, 1.54) is 32.1 Å². The van der Waals surface area contributed by atoms with Gasteiger partial charge in [-0.2, -0.15) is 0 Å². The van der Waals surface area contributed by atoms with Gasteiger partial charge >= 0.3 is 5.97 Å². The molecule has 0 fully saturated rings. The molecule has 0 aliphatic rings. The van der Waals surface area contributed by atoms with E-state index in [2.05, 4.69) is 24.4 Å². The maximum Gasteiger partial charge on any atom is 0.326 e. The number of carbonyl (C=O) groups is 2. The van der Waals surface area contributed by atoms with E-state index >= 15 is 0 Å². The van der Waals surface area contributed by atoms with Gasteiger partial charge < -0.3 is 10.4 Å². The van der Waals surface area contributed by atoms with E-state index in [0.29, 0.717) is 12.8 Å². The van der Waals surface area contributed by atoms with Gasteiger partial charge in [0.25, 0.3) is 0 Å². The largest absolute Gasteiger partial charge is 0.480 e. The SMILES string of the molecule is CCCC/C=C\CCCCCCCC(=O)N[C@@H](Cc1ccccc1)C(=O)O. The van der Waals surface area contributed by atoms with Crippen LogP contribution >= 0.6 is 0 Å². The van der Waals surface area contributed by atoms with Crippen molar-refractivity contribution in [1.82, 2.24) is 5.32 Å². The zero-order valence-electron chi connectivity index (χ0n) is 16.7. The molecule has 4 heteroatoms. The van der Waals surface area contributed by atoms with E-state index in [9.17, 15) is 14.7 Å². The zero-order valence-corrected chi connectivity index (χ0v) is 16.7. The molecule has 0 aromatic heterocycles. The summed E-state index contributed by atoms with van der Waals surface area (Å²) in [6.45, 7) is 2.21. The number of benzene rings is 1. The molecule has 27 heavy (non-hydrogen) atoms. The molecule has 0 spiro atoms. The van der Waals surface area contributed by atoms with Gasteiger partial charge in [0.15, 0.2) is 0 Å². The fourth-order valence-electron chi connectivity index (χ4n) is 2.95. The van der Waals surface area contributed by atoms with E-state index in [1.807, 2.05) is 30.3 Å². The molecule has 1 amide bonds. The van der Waals surface area contributed by atoms with Gasteiger partial charge in [0.1, 0.15) is 6.04 Å². The van der Waals surface area contributed by atoms with Crippen LogP contribution in [0, 0.1) is 0 Å². The predicted molar refractivity (Wildman–Crippen MR) is 111 cm³/mol. The summed E-state index contributed by atoms with van der Waals surface area (Å²) in [5.41, 5.74) is 0.911. The van der Waals surface area contributed by atoms with Crippen LogP contribution in [0.1, 0.15) is 76.7 Å². The Bertz CT molecular complexity index is 554. The van der Waals surface area contributed by atoms with Crippen molar-refractivity contribution in [2.75, 3.05) is 0 Å². The molecule has 0 saturated carbocycles. The Labute approximate surface area is 164 Å². The Balaban J connectivity index is 2.11. The van der Waals surface area contributed by atoms with Crippen LogP contribution in [0.5, 0.6) is 0 Å². The Morgan fingerprint density at radius 2 is 1.59 bits per heavy atom. The number of allylic oxidation sites excluding steroid dienone is 2. The van der Waals surface area contributed by atoms with Gasteiger partial charge in [-0.25, -0.2) is 4.79 Å². The summed E-state index contributed by atoms with van der Waals surface area (Å²) < 4.78 is 0. The van der Waals surface area contributed by atoms with Crippen LogP contribution in [0.25, 0.3) is 0 Å². The number of rotatable bonds is 15. The van der Waals surface area contributed by atoms with Crippen molar-refractivity contribution in [1.29, 1.82) is 0 Å². The maximum atomic E-state index is 12.0. The third-order valence-corrected chi connectivity index (χ3v) is 4.58. The lowest BCUT2D eigenvalue weighted by molar-refractivity contribution is -0.141. The van der Waals surface area contributed by atoms with Gasteiger partial charge in [0, 0.05) is 12.8 Å². The van der Waals surface area contributed by atoms with Crippen molar-refractivity contribution in [2.24, 2.45) is 0 Å². The number of unbranched alkanes of at least 4 members (excludes halogenated alkanes) is 7. The van der Waals surface area contributed by atoms with E-state index in [1.54, 1.807) is 0 Å². The first kappa shape index (κ1) is 22.9. The minimum absolute atomic E-state index is 0.169. The Morgan fingerprint density at radius 3 is 2.26 bits per heavy atom. The van der Waals surface area contributed by atoms with Gasteiger partial charge in [0.2, 0.25) is 5.91 Å². The number of hydrogen-bond donors (Lipinski definition) is 2. The second-order valence-electron chi connectivity index (χ2n) is 7.07. The molecule has 0 radical (unpaired) electrons. The van der Waals surface area contributed by atoms with Crippen molar-refractivity contribution in [2.45, 2.75) is 83.6 Å². The minimum atomic E-state index is -0.987. The molecule has 1 aromatic carbocycles. The minimum Gasteiger partial charge on any atom is -0.480 e. The van der Waals surface area contributed by atoms with Crippen molar-refractivity contribution in [3.8, 4) is 0 Å². The van der Waals surface area contributed by atoms with Crippen molar-refractivity contribution in [3.05, 3.63) is 48.0 Å². The van der Waals surface area contributed by atoms with Crippen LogP contribution in [0.3, 0.4) is 0 Å². The molecule has 1 rings (SSSR count). The number of carbonyl (C=O) groups excluding carboxylic acids is 1. The summed E-state index contributed by atoms with van der Waals surface area (Å²) >= 11 is 0. The Morgan fingerprint density at radius 1 is 0.963 bits per heavy atom. The average Bonchev–Trinajstić information content (AvgIpc) is 2.66. The molecular formula is C23H35NO3. The van der Waals surface area contributed by atoms with Crippen LogP contribution in [0.2, 0.25) is 0 Å². The van der Waals surface area contributed by atoms with Gasteiger partial charge in [-0.05, 0) is 31.2 Å². The van der Waals surface area contributed by atoms with Crippen molar-refractivity contribution in [3.63, 3.8) is 0 Å². The normalized spacial score (nSPS) is 12.2. The standard InChI is InChI=1S/C23H35NO3/c1-2-3-4-5-6-7-8-9-10-11-15-18-22(25)24-21(23(26)27)19-20-16-13-12-14-17-20/h5-6,12-14,16-17,21H,2-4,7-11,15,18-19H2,1H3,(H,24,25)(H,26,27)/b6-5-/t21-/m0/s1. The summed E-state index contributed by atoms with van der Waals surface area (Å²) in [4.78, 5) is 23.4. The predicted octanol–water partition coefficient (Wildman–Crippen LogP) is 5.28. The van der Waals surface area contributed by atoms with Crippen LogP contribution in [-0.2, 0) is 16.0 Å². The van der Waals surface area contributed by atoms with Crippen molar-refractivity contribution < 1.29 is 14.7 Å². The Kier molecular flexibility index (Phi) is 12.7. The molecular weight excluding hydrogens is 338 g/mol. The fraction of sp³-hybridized carbons (Fsp3) is 0.565. The summed E-state index contributed by atoms with van der Waals surface area (Å²) in [5.74, 6) is -1.16. The van der Waals surface area contributed by atoms with Gasteiger partial charge in [-0.15, -0.1) is 0 Å². The highest BCUT2D eigenvalue weighted by Crippen LogP contribution is 2.09. The summed E-state index contributed by atoms with van der Waals surface area (Å²) in [5, 5.41) is 12.0. The number of amides is 1. The highest BCUT2D eigenvalue weighted by molar-refractivity contribution is 5.83. The highest BCUT2D eigenvalue weighted by Gasteiger charge is 2.19. The molecule has 0 aliphatic carbocycles. The van der Waals surface area contributed by atoms with Crippen LogP contribution in [-0.4, -0.2) is 23.0 Å². The number of carboxylic acid groups (broad SMARTS) is 1. The molecule has 0 bridgehead atoms. The quantitative estimate of drug-likeness (QED) is 0.325. The first-order valence-corrected chi connectivity index (χ1v) is 10.3. The molecule has 0 saturated heterocycles. The number of carboxylic acids is 1. The zero-order chi connectivity index (χ0) is 19.7.